The molecule has 0 aliphatic carbocycles. The molecule has 1 aliphatic heterocycles. The third-order valence-corrected chi connectivity index (χ3v) is 6.22. The second kappa shape index (κ2) is 9.02. The van der Waals surface area contributed by atoms with Gasteiger partial charge in [-0.25, -0.2) is 13.8 Å². The lowest BCUT2D eigenvalue weighted by Crippen LogP contribution is -2.38. The van der Waals surface area contributed by atoms with Crippen LogP contribution in [0.3, 0.4) is 0 Å². The SMILES string of the molecule is O=C(CN(Cc1ccco1)S(=O)(=O)c1ccccc1)NN=Cc1ccc2c(c1)OCO2. The summed E-state index contributed by atoms with van der Waals surface area (Å²) in [7, 11) is -3.93. The summed E-state index contributed by atoms with van der Waals surface area (Å²) in [5, 5.41) is 3.91. The fourth-order valence-electron chi connectivity index (χ4n) is 2.91. The Morgan fingerprint density at radius 2 is 1.87 bits per heavy atom. The first-order valence-corrected chi connectivity index (χ1v) is 10.8. The van der Waals surface area contributed by atoms with Crippen molar-refractivity contribution in [2.24, 2.45) is 5.10 Å². The zero-order valence-corrected chi connectivity index (χ0v) is 17.1. The molecule has 4 rings (SSSR count). The highest BCUT2D eigenvalue weighted by molar-refractivity contribution is 7.89. The van der Waals surface area contributed by atoms with Crippen molar-refractivity contribution in [1.29, 1.82) is 0 Å². The number of nitrogens with one attached hydrogen (secondary N) is 1. The van der Waals surface area contributed by atoms with Crippen molar-refractivity contribution < 1.29 is 27.1 Å². The molecule has 10 heteroatoms. The van der Waals surface area contributed by atoms with Crippen molar-refractivity contribution >= 4 is 22.1 Å². The number of benzene rings is 2. The average molecular weight is 441 g/mol. The zero-order valence-electron chi connectivity index (χ0n) is 16.3. The molecule has 0 atom stereocenters. The van der Waals surface area contributed by atoms with E-state index in [4.69, 9.17) is 13.9 Å². The van der Waals surface area contributed by atoms with E-state index in [0.29, 0.717) is 22.8 Å². The molecule has 0 fully saturated rings. The zero-order chi connectivity index (χ0) is 21.7. The highest BCUT2D eigenvalue weighted by Crippen LogP contribution is 2.31. The van der Waals surface area contributed by atoms with E-state index in [2.05, 4.69) is 10.5 Å². The van der Waals surface area contributed by atoms with Crippen molar-refractivity contribution in [2.45, 2.75) is 11.4 Å². The van der Waals surface area contributed by atoms with Gasteiger partial charge in [0, 0.05) is 0 Å². The topological polar surface area (TPSA) is 110 Å². The number of carbonyl (C=O) groups is 1. The molecule has 31 heavy (non-hydrogen) atoms. The molecule has 0 bridgehead atoms. The fraction of sp³-hybridized carbons (Fsp3) is 0.143. The first kappa shape index (κ1) is 20.6. The lowest BCUT2D eigenvalue weighted by atomic mass is 10.2. The standard InChI is InChI=1S/C21H19N3O6S/c25-21(23-22-12-16-8-9-19-20(11-16)30-15-29-19)14-24(13-17-5-4-10-28-17)31(26,27)18-6-2-1-3-7-18/h1-12H,13-15H2,(H,23,25). The number of ether oxygens (including phenoxy) is 2. The fourth-order valence-corrected chi connectivity index (χ4v) is 4.30. The molecular weight excluding hydrogens is 422 g/mol. The Balaban J connectivity index is 1.45. The first-order chi connectivity index (χ1) is 15.0. The van der Waals surface area contributed by atoms with Gasteiger partial charge < -0.3 is 13.9 Å². The highest BCUT2D eigenvalue weighted by Gasteiger charge is 2.27. The molecule has 1 aromatic heterocycles. The van der Waals surface area contributed by atoms with Crippen LogP contribution in [0.25, 0.3) is 0 Å². The van der Waals surface area contributed by atoms with Gasteiger partial charge in [-0.3, -0.25) is 4.79 Å². The number of amides is 1. The number of hydrogen-bond donors (Lipinski definition) is 1. The molecule has 0 radical (unpaired) electrons. The molecule has 0 saturated carbocycles. The van der Waals surface area contributed by atoms with Crippen molar-refractivity contribution in [3.63, 3.8) is 0 Å². The molecule has 0 unspecified atom stereocenters. The van der Waals surface area contributed by atoms with Gasteiger partial charge >= 0.3 is 0 Å². The third-order valence-electron chi connectivity index (χ3n) is 4.41. The van der Waals surface area contributed by atoms with Crippen LogP contribution >= 0.6 is 0 Å². The largest absolute Gasteiger partial charge is 0.468 e. The molecule has 3 aromatic rings. The first-order valence-electron chi connectivity index (χ1n) is 9.31. The summed E-state index contributed by atoms with van der Waals surface area (Å²) in [5.41, 5.74) is 3.04. The molecule has 9 nitrogen and oxygen atoms in total. The highest BCUT2D eigenvalue weighted by atomic mass is 32.2. The van der Waals surface area contributed by atoms with Gasteiger partial charge in [0.15, 0.2) is 11.5 Å². The number of nitrogens with zero attached hydrogens (tertiary/aromatic N) is 2. The van der Waals surface area contributed by atoms with E-state index in [1.54, 1.807) is 48.5 Å². The van der Waals surface area contributed by atoms with Crippen LogP contribution in [-0.2, 0) is 21.4 Å². The Labute approximate surface area is 178 Å². The molecule has 1 N–H and O–H groups in total. The summed E-state index contributed by atoms with van der Waals surface area (Å²) in [6.07, 6.45) is 2.88. The molecular formula is C21H19N3O6S. The number of furan rings is 1. The summed E-state index contributed by atoms with van der Waals surface area (Å²) in [5.74, 6) is 1.05. The van der Waals surface area contributed by atoms with E-state index in [-0.39, 0.29) is 18.2 Å². The monoisotopic (exact) mass is 441 g/mol. The number of fused-ring (bicyclic) bond motifs is 1. The van der Waals surface area contributed by atoms with Crippen LogP contribution in [0.1, 0.15) is 11.3 Å². The van der Waals surface area contributed by atoms with Crippen LogP contribution in [0.2, 0.25) is 0 Å². The van der Waals surface area contributed by atoms with Crippen molar-refractivity contribution in [3.8, 4) is 11.5 Å². The van der Waals surface area contributed by atoms with Gasteiger partial charge in [0.25, 0.3) is 5.91 Å². The molecule has 0 spiro atoms. The Kier molecular flexibility index (Phi) is 6.01. The normalized spacial score (nSPS) is 13.1. The molecule has 0 saturated heterocycles. The van der Waals surface area contributed by atoms with Gasteiger partial charge in [-0.15, -0.1) is 0 Å². The van der Waals surface area contributed by atoms with Crippen LogP contribution in [0.5, 0.6) is 11.5 Å². The van der Waals surface area contributed by atoms with E-state index in [1.165, 1.54) is 24.6 Å². The average Bonchev–Trinajstić information content (AvgIpc) is 3.45. The summed E-state index contributed by atoms with van der Waals surface area (Å²) < 4.78 is 42.9. The van der Waals surface area contributed by atoms with E-state index < -0.39 is 22.5 Å². The maximum absolute atomic E-state index is 13.0. The maximum atomic E-state index is 13.0. The molecule has 1 aliphatic rings. The van der Waals surface area contributed by atoms with Gasteiger partial charge in [0.2, 0.25) is 16.8 Å². The maximum Gasteiger partial charge on any atom is 0.255 e. The lowest BCUT2D eigenvalue weighted by Gasteiger charge is -2.20. The Hall–Kier alpha value is -3.63. The van der Waals surface area contributed by atoms with Crippen LogP contribution in [0, 0.1) is 0 Å². The second-order valence-electron chi connectivity index (χ2n) is 6.57. The summed E-state index contributed by atoms with van der Waals surface area (Å²) in [6.45, 7) is -0.367. The Morgan fingerprint density at radius 1 is 1.06 bits per heavy atom. The predicted octanol–water partition coefficient (Wildman–Crippen LogP) is 2.35. The molecule has 160 valence electrons. The van der Waals surface area contributed by atoms with E-state index in [0.717, 1.165) is 4.31 Å². The minimum atomic E-state index is -3.93. The van der Waals surface area contributed by atoms with Crippen LogP contribution in [0.4, 0.5) is 0 Å². The minimum Gasteiger partial charge on any atom is -0.468 e. The number of rotatable bonds is 8. The molecule has 1 amide bonds. The van der Waals surface area contributed by atoms with Crippen molar-refractivity contribution in [2.75, 3.05) is 13.3 Å². The van der Waals surface area contributed by atoms with Gasteiger partial charge in [0.05, 0.1) is 30.5 Å². The van der Waals surface area contributed by atoms with E-state index >= 15 is 0 Å². The van der Waals surface area contributed by atoms with Crippen molar-refractivity contribution in [3.05, 3.63) is 78.3 Å². The summed E-state index contributed by atoms with van der Waals surface area (Å²) in [6, 6.07) is 16.4. The van der Waals surface area contributed by atoms with Crippen molar-refractivity contribution in [1.82, 2.24) is 9.73 Å². The number of sulfonamides is 1. The second-order valence-corrected chi connectivity index (χ2v) is 8.51. The third kappa shape index (κ3) is 4.93. The number of carbonyl (C=O) groups excluding carboxylic acids is 1. The van der Waals surface area contributed by atoms with Crippen LogP contribution in [0.15, 0.2) is 81.3 Å². The molecule has 2 heterocycles. The number of hydrogen-bond acceptors (Lipinski definition) is 7. The Bertz CT molecular complexity index is 1180. The summed E-state index contributed by atoms with van der Waals surface area (Å²) >= 11 is 0. The predicted molar refractivity (Wildman–Crippen MR) is 111 cm³/mol. The number of hydrazone groups is 1. The van der Waals surface area contributed by atoms with Crippen LogP contribution < -0.4 is 14.9 Å². The summed E-state index contributed by atoms with van der Waals surface area (Å²) in [4.78, 5) is 12.5. The lowest BCUT2D eigenvalue weighted by molar-refractivity contribution is -0.121. The van der Waals surface area contributed by atoms with Gasteiger partial charge in [-0.05, 0) is 48.0 Å². The quantitative estimate of drug-likeness (QED) is 0.424. The van der Waals surface area contributed by atoms with Gasteiger partial charge in [-0.1, -0.05) is 18.2 Å². The van der Waals surface area contributed by atoms with E-state index in [9.17, 15) is 13.2 Å². The molecule has 2 aromatic carbocycles. The minimum absolute atomic E-state index is 0.0817. The van der Waals surface area contributed by atoms with E-state index in [1.807, 2.05) is 0 Å². The Morgan fingerprint density at radius 3 is 2.65 bits per heavy atom. The van der Waals surface area contributed by atoms with Crippen LogP contribution in [-0.4, -0.2) is 38.2 Å². The smallest absolute Gasteiger partial charge is 0.255 e. The van der Waals surface area contributed by atoms with Gasteiger partial charge in [0.1, 0.15) is 5.76 Å². The van der Waals surface area contributed by atoms with Gasteiger partial charge in [-0.2, -0.15) is 9.41 Å².